The van der Waals surface area contributed by atoms with Gasteiger partial charge >= 0.3 is 5.97 Å². The molecule has 0 radical (unpaired) electrons. The molecular formula is C25H20Cl2N2O3. The Hall–Kier alpha value is -3.09. The van der Waals surface area contributed by atoms with Gasteiger partial charge in [-0.15, -0.1) is 0 Å². The highest BCUT2D eigenvalue weighted by molar-refractivity contribution is 6.42. The normalized spacial score (nSPS) is 19.8. The lowest BCUT2D eigenvalue weighted by Gasteiger charge is -2.24. The van der Waals surface area contributed by atoms with Crippen molar-refractivity contribution in [1.82, 2.24) is 0 Å². The second kappa shape index (κ2) is 10.5. The molecule has 0 N–H and O–H groups in total. The number of carbonyl (C=O) groups excluding carboxylic acids is 1. The topological polar surface area (TPSA) is 83.1 Å². The first-order valence-electron chi connectivity index (χ1n) is 9.96. The van der Waals surface area contributed by atoms with E-state index in [0.717, 1.165) is 11.1 Å². The van der Waals surface area contributed by atoms with Gasteiger partial charge in [0, 0.05) is 12.0 Å². The van der Waals surface area contributed by atoms with Crippen molar-refractivity contribution in [2.24, 2.45) is 5.41 Å². The highest BCUT2D eigenvalue weighted by Gasteiger charge is 2.40. The molecule has 5 nitrogen and oxygen atoms in total. The number of nitrogens with zero attached hydrogens (tertiary/aromatic N) is 2. The molecule has 0 spiro atoms. The molecule has 162 valence electrons. The molecule has 0 saturated heterocycles. The summed E-state index contributed by atoms with van der Waals surface area (Å²) in [6.45, 7) is 1.88. The zero-order valence-electron chi connectivity index (χ0n) is 17.4. The highest BCUT2D eigenvalue weighted by atomic mass is 35.5. The monoisotopic (exact) mass is 466 g/mol. The van der Waals surface area contributed by atoms with Crippen LogP contribution in [0.5, 0.6) is 0 Å². The zero-order chi connectivity index (χ0) is 23.1. The summed E-state index contributed by atoms with van der Waals surface area (Å²) in [4.78, 5) is 12.9. The number of carbonyl (C=O) groups is 1. The maximum absolute atomic E-state index is 12.9. The van der Waals surface area contributed by atoms with E-state index in [2.05, 4.69) is 12.1 Å². The van der Waals surface area contributed by atoms with Gasteiger partial charge in [-0.1, -0.05) is 65.7 Å². The molecule has 0 aromatic heterocycles. The van der Waals surface area contributed by atoms with Crippen LogP contribution in [0.1, 0.15) is 24.5 Å². The second-order valence-electron chi connectivity index (χ2n) is 7.12. The minimum atomic E-state index is -1.63. The van der Waals surface area contributed by atoms with Gasteiger partial charge in [-0.2, -0.15) is 10.5 Å². The third kappa shape index (κ3) is 4.87. The SMILES string of the molecule is CCOC(=O)/C1=C(\c2ccccc2)C(C#N)(C#N)C/C=C(/c2ccc(Cl)c(Cl)c2)COC1. The predicted octanol–water partition coefficient (Wildman–Crippen LogP) is 5.85. The molecule has 0 saturated carbocycles. The van der Waals surface area contributed by atoms with Crippen LogP contribution >= 0.6 is 23.2 Å². The molecule has 1 aliphatic rings. The molecule has 0 fully saturated rings. The molecule has 1 aliphatic heterocycles. The Kier molecular flexibility index (Phi) is 7.72. The van der Waals surface area contributed by atoms with E-state index in [1.54, 1.807) is 55.5 Å². The average molecular weight is 467 g/mol. The quantitative estimate of drug-likeness (QED) is 0.527. The molecule has 0 unspecified atom stereocenters. The summed E-state index contributed by atoms with van der Waals surface area (Å²) < 4.78 is 11.1. The van der Waals surface area contributed by atoms with E-state index in [-0.39, 0.29) is 31.8 Å². The third-order valence-electron chi connectivity index (χ3n) is 5.14. The Morgan fingerprint density at radius 3 is 2.41 bits per heavy atom. The molecule has 7 heteroatoms. The van der Waals surface area contributed by atoms with Gasteiger partial charge in [0.1, 0.15) is 0 Å². The Balaban J connectivity index is 2.19. The number of allylic oxidation sites excluding steroid dienone is 2. The number of hydrogen-bond donors (Lipinski definition) is 0. The number of halogens is 2. The Morgan fingerprint density at radius 2 is 1.78 bits per heavy atom. The van der Waals surface area contributed by atoms with Crippen LogP contribution in [-0.2, 0) is 14.3 Å². The molecule has 0 amide bonds. The lowest BCUT2D eigenvalue weighted by molar-refractivity contribution is -0.139. The fraction of sp³-hybridized carbons (Fsp3) is 0.240. The fourth-order valence-electron chi connectivity index (χ4n) is 3.56. The van der Waals surface area contributed by atoms with Gasteiger partial charge < -0.3 is 9.47 Å². The summed E-state index contributed by atoms with van der Waals surface area (Å²) in [5.74, 6) is -0.612. The predicted molar refractivity (Wildman–Crippen MR) is 124 cm³/mol. The van der Waals surface area contributed by atoms with Crippen molar-refractivity contribution in [1.29, 1.82) is 10.5 Å². The van der Waals surface area contributed by atoms with Crippen LogP contribution in [-0.4, -0.2) is 25.8 Å². The molecule has 2 aromatic carbocycles. The molecule has 32 heavy (non-hydrogen) atoms. The number of rotatable bonds is 4. The summed E-state index contributed by atoms with van der Waals surface area (Å²) in [7, 11) is 0. The number of ether oxygens (including phenoxy) is 2. The fourth-order valence-corrected chi connectivity index (χ4v) is 3.86. The summed E-state index contributed by atoms with van der Waals surface area (Å²) >= 11 is 12.2. The van der Waals surface area contributed by atoms with Crippen LogP contribution in [0.4, 0.5) is 0 Å². The van der Waals surface area contributed by atoms with Gasteiger partial charge in [0.15, 0.2) is 5.41 Å². The first-order chi connectivity index (χ1) is 15.5. The average Bonchev–Trinajstić information content (AvgIpc) is 2.89. The Bertz CT molecular complexity index is 1140. The molecule has 3 rings (SSSR count). The number of benzene rings is 2. The number of hydrogen-bond acceptors (Lipinski definition) is 5. The van der Waals surface area contributed by atoms with Crippen LogP contribution in [0.25, 0.3) is 11.1 Å². The van der Waals surface area contributed by atoms with Crippen LogP contribution in [0.15, 0.2) is 60.2 Å². The van der Waals surface area contributed by atoms with Crippen molar-refractivity contribution >= 4 is 40.3 Å². The van der Waals surface area contributed by atoms with Crippen molar-refractivity contribution < 1.29 is 14.3 Å². The number of esters is 1. The summed E-state index contributed by atoms with van der Waals surface area (Å²) in [5.41, 5.74) is 0.909. The lowest BCUT2D eigenvalue weighted by Crippen LogP contribution is -2.24. The van der Waals surface area contributed by atoms with E-state index in [1.165, 1.54) is 0 Å². The van der Waals surface area contributed by atoms with E-state index in [4.69, 9.17) is 32.7 Å². The minimum Gasteiger partial charge on any atom is -0.463 e. The van der Waals surface area contributed by atoms with Gasteiger partial charge in [-0.05, 0) is 35.8 Å². The van der Waals surface area contributed by atoms with E-state index < -0.39 is 11.4 Å². The highest BCUT2D eigenvalue weighted by Crippen LogP contribution is 2.42. The molecule has 0 bridgehead atoms. The van der Waals surface area contributed by atoms with Crippen LogP contribution < -0.4 is 0 Å². The minimum absolute atomic E-state index is 0.0477. The van der Waals surface area contributed by atoms with Crippen molar-refractivity contribution in [2.45, 2.75) is 13.3 Å². The first kappa shape index (κ1) is 23.6. The molecule has 0 atom stereocenters. The Labute approximate surface area is 197 Å². The summed E-state index contributed by atoms with van der Waals surface area (Å²) in [5, 5.41) is 21.2. The van der Waals surface area contributed by atoms with Gasteiger partial charge in [-0.3, -0.25) is 0 Å². The van der Waals surface area contributed by atoms with E-state index >= 15 is 0 Å². The van der Waals surface area contributed by atoms with E-state index in [0.29, 0.717) is 21.2 Å². The van der Waals surface area contributed by atoms with E-state index in [1.807, 2.05) is 6.07 Å². The molecule has 0 aliphatic carbocycles. The molecular weight excluding hydrogens is 447 g/mol. The smallest absolute Gasteiger partial charge is 0.336 e. The zero-order valence-corrected chi connectivity index (χ0v) is 18.9. The Morgan fingerprint density at radius 1 is 1.06 bits per heavy atom. The first-order valence-corrected chi connectivity index (χ1v) is 10.7. The molecule has 2 aromatic rings. The van der Waals surface area contributed by atoms with Crippen molar-refractivity contribution in [3.63, 3.8) is 0 Å². The van der Waals surface area contributed by atoms with Crippen LogP contribution in [0, 0.1) is 28.1 Å². The number of nitriles is 2. The summed E-state index contributed by atoms with van der Waals surface area (Å²) in [6, 6.07) is 18.4. The van der Waals surface area contributed by atoms with Gasteiger partial charge in [0.2, 0.25) is 0 Å². The third-order valence-corrected chi connectivity index (χ3v) is 5.88. The lowest BCUT2D eigenvalue weighted by atomic mass is 9.74. The van der Waals surface area contributed by atoms with Crippen LogP contribution in [0.2, 0.25) is 10.0 Å². The van der Waals surface area contributed by atoms with Crippen molar-refractivity contribution in [3.05, 3.63) is 81.4 Å². The molecule has 1 heterocycles. The van der Waals surface area contributed by atoms with Gasteiger partial charge in [0.25, 0.3) is 0 Å². The van der Waals surface area contributed by atoms with E-state index in [9.17, 15) is 15.3 Å². The van der Waals surface area contributed by atoms with Gasteiger partial charge in [-0.25, -0.2) is 4.79 Å². The van der Waals surface area contributed by atoms with Gasteiger partial charge in [0.05, 0.1) is 47.6 Å². The van der Waals surface area contributed by atoms with Crippen molar-refractivity contribution in [3.8, 4) is 12.1 Å². The summed E-state index contributed by atoms with van der Waals surface area (Å²) in [6.07, 6.45) is 1.83. The second-order valence-corrected chi connectivity index (χ2v) is 7.94. The largest absolute Gasteiger partial charge is 0.463 e. The standard InChI is InChI=1S/C25H20Cl2N2O3/c1-2-32-24(30)20-14-31-13-19(18-8-9-21(26)22(27)12-18)10-11-25(15-28,16-29)23(20)17-6-4-3-5-7-17/h3-10,12H,2,11,13-14H2,1H3/b19-10+,23-20+. The van der Waals surface area contributed by atoms with Crippen molar-refractivity contribution in [2.75, 3.05) is 19.8 Å². The maximum Gasteiger partial charge on any atom is 0.336 e. The maximum atomic E-state index is 12.9. The van der Waals surface area contributed by atoms with Crippen LogP contribution in [0.3, 0.4) is 0 Å².